The van der Waals surface area contributed by atoms with Crippen LogP contribution in [0.5, 0.6) is 5.75 Å². The molecule has 0 atom stereocenters. The number of benzene rings is 1. The zero-order chi connectivity index (χ0) is 13.9. The molecule has 0 saturated carbocycles. The van der Waals surface area contributed by atoms with Gasteiger partial charge < -0.3 is 15.8 Å². The second-order valence-corrected chi connectivity index (χ2v) is 3.63. The summed E-state index contributed by atoms with van der Waals surface area (Å²) in [6, 6.07) is 7.26. The molecule has 0 fully saturated rings. The number of aromatic nitrogens is 1. The minimum absolute atomic E-state index is 0.165. The van der Waals surface area contributed by atoms with E-state index >= 15 is 0 Å². The van der Waals surface area contributed by atoms with Gasteiger partial charge in [-0.2, -0.15) is 0 Å². The van der Waals surface area contributed by atoms with Gasteiger partial charge in [0.25, 0.3) is 0 Å². The smallest absolute Gasteiger partial charge is 0.404 e. The summed E-state index contributed by atoms with van der Waals surface area (Å²) in [7, 11) is 0. The van der Waals surface area contributed by atoms with Crippen molar-refractivity contribution < 1.29 is 17.9 Å². The van der Waals surface area contributed by atoms with Crippen LogP contribution in [0.3, 0.4) is 0 Å². The zero-order valence-electron chi connectivity index (χ0n) is 9.61. The number of nitrogens with one attached hydrogen (secondary N) is 1. The fraction of sp³-hybridized carbons (Fsp3) is 0.0833. The SMILES string of the molecule is Nc1cnccc1Nc1ccccc1OC(F)(F)F. The number of hydrogen-bond donors (Lipinski definition) is 2. The third-order valence-corrected chi connectivity index (χ3v) is 2.23. The summed E-state index contributed by atoms with van der Waals surface area (Å²) in [5, 5.41) is 2.77. The van der Waals surface area contributed by atoms with E-state index in [1.54, 1.807) is 12.1 Å². The molecule has 1 aromatic heterocycles. The van der Waals surface area contributed by atoms with E-state index in [0.717, 1.165) is 0 Å². The van der Waals surface area contributed by atoms with Gasteiger partial charge in [-0.25, -0.2) is 0 Å². The van der Waals surface area contributed by atoms with Gasteiger partial charge in [0.15, 0.2) is 5.75 Å². The first-order valence-corrected chi connectivity index (χ1v) is 5.27. The van der Waals surface area contributed by atoms with Crippen molar-refractivity contribution in [1.82, 2.24) is 4.98 Å². The highest BCUT2D eigenvalue weighted by Gasteiger charge is 2.32. The summed E-state index contributed by atoms with van der Waals surface area (Å²) in [5.41, 5.74) is 6.60. The number of halogens is 3. The lowest BCUT2D eigenvalue weighted by Crippen LogP contribution is -2.17. The number of pyridine rings is 1. The van der Waals surface area contributed by atoms with Gasteiger partial charge in [-0.3, -0.25) is 4.98 Å². The fourth-order valence-corrected chi connectivity index (χ4v) is 1.45. The third-order valence-electron chi connectivity index (χ3n) is 2.23. The molecule has 4 nitrogen and oxygen atoms in total. The molecule has 0 unspecified atom stereocenters. The summed E-state index contributed by atoms with van der Waals surface area (Å²) < 4.78 is 40.7. The molecule has 1 aromatic carbocycles. The first-order valence-electron chi connectivity index (χ1n) is 5.27. The molecule has 0 bridgehead atoms. The van der Waals surface area contributed by atoms with Crippen LogP contribution in [-0.2, 0) is 0 Å². The summed E-state index contributed by atoms with van der Waals surface area (Å²) >= 11 is 0. The maximum Gasteiger partial charge on any atom is 0.573 e. The number of nitrogen functional groups attached to an aromatic ring is 1. The number of alkyl halides is 3. The van der Waals surface area contributed by atoms with Crippen molar-refractivity contribution in [2.24, 2.45) is 0 Å². The van der Waals surface area contributed by atoms with E-state index in [1.807, 2.05) is 0 Å². The molecule has 3 N–H and O–H groups in total. The minimum atomic E-state index is -4.75. The largest absolute Gasteiger partial charge is 0.573 e. The monoisotopic (exact) mass is 269 g/mol. The van der Waals surface area contributed by atoms with Crippen molar-refractivity contribution in [2.75, 3.05) is 11.1 Å². The lowest BCUT2D eigenvalue weighted by Gasteiger charge is -2.15. The Labute approximate surface area is 107 Å². The predicted octanol–water partition coefficient (Wildman–Crippen LogP) is 3.31. The molecule has 2 aromatic rings. The number of nitrogens with zero attached hydrogens (tertiary/aromatic N) is 1. The molecule has 0 aliphatic rings. The molecule has 0 radical (unpaired) electrons. The van der Waals surface area contributed by atoms with E-state index in [9.17, 15) is 13.2 Å². The van der Waals surface area contributed by atoms with Gasteiger partial charge in [0.1, 0.15) is 0 Å². The van der Waals surface area contributed by atoms with Gasteiger partial charge in [-0.05, 0) is 18.2 Å². The Kier molecular flexibility index (Phi) is 3.46. The van der Waals surface area contributed by atoms with Crippen molar-refractivity contribution in [3.63, 3.8) is 0 Å². The van der Waals surface area contributed by atoms with Crippen LogP contribution in [0.2, 0.25) is 0 Å². The average molecular weight is 269 g/mol. The molecule has 0 amide bonds. The third kappa shape index (κ3) is 3.51. The Morgan fingerprint density at radius 2 is 1.84 bits per heavy atom. The number of rotatable bonds is 3. The van der Waals surface area contributed by atoms with Crippen LogP contribution in [0.15, 0.2) is 42.7 Å². The number of nitrogens with two attached hydrogens (primary N) is 1. The molecule has 0 aliphatic carbocycles. The highest BCUT2D eigenvalue weighted by atomic mass is 19.4. The average Bonchev–Trinajstić information content (AvgIpc) is 2.33. The van der Waals surface area contributed by atoms with E-state index in [0.29, 0.717) is 11.4 Å². The Bertz CT molecular complexity index is 572. The predicted molar refractivity (Wildman–Crippen MR) is 65.1 cm³/mol. The number of anilines is 3. The van der Waals surface area contributed by atoms with Crippen molar-refractivity contribution >= 4 is 17.1 Å². The Morgan fingerprint density at radius 3 is 2.53 bits per heavy atom. The lowest BCUT2D eigenvalue weighted by molar-refractivity contribution is -0.274. The highest BCUT2D eigenvalue weighted by Crippen LogP contribution is 2.33. The molecule has 0 saturated heterocycles. The molecule has 2 rings (SSSR count). The zero-order valence-corrected chi connectivity index (χ0v) is 9.61. The molecule has 19 heavy (non-hydrogen) atoms. The molecule has 0 spiro atoms. The van der Waals surface area contributed by atoms with Gasteiger partial charge in [-0.1, -0.05) is 12.1 Å². The maximum atomic E-state index is 12.3. The molecule has 1 heterocycles. The quantitative estimate of drug-likeness (QED) is 0.897. The number of hydrogen-bond acceptors (Lipinski definition) is 4. The fourth-order valence-electron chi connectivity index (χ4n) is 1.45. The van der Waals surface area contributed by atoms with Crippen LogP contribution >= 0.6 is 0 Å². The van der Waals surface area contributed by atoms with E-state index < -0.39 is 6.36 Å². The summed E-state index contributed by atoms with van der Waals surface area (Å²) in [4.78, 5) is 3.79. The Hall–Kier alpha value is -2.44. The van der Waals surface area contributed by atoms with Crippen LogP contribution in [0.1, 0.15) is 0 Å². The van der Waals surface area contributed by atoms with Crippen LogP contribution in [0, 0.1) is 0 Å². The number of para-hydroxylation sites is 2. The standard InChI is InChI=1S/C12H10F3N3O/c13-12(14,15)19-11-4-2-1-3-10(11)18-9-5-6-17-7-8(9)16/h1-7H,16H2,(H,17,18). The lowest BCUT2D eigenvalue weighted by atomic mass is 10.2. The Balaban J connectivity index is 2.28. The van der Waals surface area contributed by atoms with E-state index in [4.69, 9.17) is 5.73 Å². The van der Waals surface area contributed by atoms with Crippen LogP contribution in [0.4, 0.5) is 30.2 Å². The topological polar surface area (TPSA) is 60.2 Å². The molecular weight excluding hydrogens is 259 g/mol. The van der Waals surface area contributed by atoms with Crippen molar-refractivity contribution in [2.45, 2.75) is 6.36 Å². The maximum absolute atomic E-state index is 12.3. The van der Waals surface area contributed by atoms with Gasteiger partial charge in [0, 0.05) is 6.20 Å². The van der Waals surface area contributed by atoms with Gasteiger partial charge in [-0.15, -0.1) is 13.2 Å². The summed E-state index contributed by atoms with van der Waals surface area (Å²) in [6.45, 7) is 0. The molecule has 7 heteroatoms. The van der Waals surface area contributed by atoms with E-state index in [-0.39, 0.29) is 11.4 Å². The molecule has 100 valence electrons. The first-order chi connectivity index (χ1) is 8.96. The van der Waals surface area contributed by atoms with Crippen molar-refractivity contribution in [1.29, 1.82) is 0 Å². The van der Waals surface area contributed by atoms with Gasteiger partial charge in [0.2, 0.25) is 0 Å². The van der Waals surface area contributed by atoms with Crippen LogP contribution in [0.25, 0.3) is 0 Å². The highest BCUT2D eigenvalue weighted by molar-refractivity contribution is 5.74. The summed E-state index contributed by atoms with van der Waals surface area (Å²) in [5.74, 6) is -0.328. The molecular formula is C12H10F3N3O. The molecule has 0 aliphatic heterocycles. The van der Waals surface area contributed by atoms with Gasteiger partial charge in [0.05, 0.1) is 23.3 Å². The summed E-state index contributed by atoms with van der Waals surface area (Å²) in [6.07, 6.45) is -1.87. The Morgan fingerprint density at radius 1 is 1.11 bits per heavy atom. The van der Waals surface area contributed by atoms with Gasteiger partial charge >= 0.3 is 6.36 Å². The van der Waals surface area contributed by atoms with E-state index in [2.05, 4.69) is 15.0 Å². The second-order valence-electron chi connectivity index (χ2n) is 3.63. The van der Waals surface area contributed by atoms with Crippen molar-refractivity contribution in [3.05, 3.63) is 42.7 Å². The normalized spacial score (nSPS) is 11.1. The minimum Gasteiger partial charge on any atom is -0.404 e. The van der Waals surface area contributed by atoms with Crippen molar-refractivity contribution in [3.8, 4) is 5.75 Å². The van der Waals surface area contributed by atoms with Crippen LogP contribution < -0.4 is 15.8 Å². The first kappa shape index (κ1) is 13.0. The van der Waals surface area contributed by atoms with E-state index in [1.165, 1.54) is 30.6 Å². The van der Waals surface area contributed by atoms with Crippen LogP contribution in [-0.4, -0.2) is 11.3 Å². The number of ether oxygens (including phenoxy) is 1. The second kappa shape index (κ2) is 5.05.